The fourth-order valence-electron chi connectivity index (χ4n) is 1.91. The number of hydrogen-bond donors (Lipinski definition) is 2. The monoisotopic (exact) mass is 324 g/mol. The van der Waals surface area contributed by atoms with E-state index in [0.717, 1.165) is 24.5 Å². The number of rotatable bonds is 7. The largest absolute Gasteiger partial charge is 0.382 e. The van der Waals surface area contributed by atoms with E-state index < -0.39 is 0 Å². The molecule has 2 aromatic heterocycles. The maximum Gasteiger partial charge on any atom is 0.265 e. The minimum absolute atomic E-state index is 0.142. The van der Waals surface area contributed by atoms with Gasteiger partial charge < -0.3 is 16.0 Å². The molecule has 0 aliphatic rings. The molecule has 0 spiro atoms. The summed E-state index contributed by atoms with van der Waals surface area (Å²) in [5.41, 5.74) is 7.09. The molecule has 2 heterocycles. The van der Waals surface area contributed by atoms with Crippen LogP contribution < -0.4 is 16.0 Å². The van der Waals surface area contributed by atoms with E-state index in [2.05, 4.69) is 28.7 Å². The number of amides is 1. The van der Waals surface area contributed by atoms with Crippen molar-refractivity contribution in [2.45, 2.75) is 19.8 Å². The summed E-state index contributed by atoms with van der Waals surface area (Å²) < 4.78 is 0. The minimum Gasteiger partial charge on any atom is -0.382 e. The summed E-state index contributed by atoms with van der Waals surface area (Å²) in [5, 5.41) is 7.81. The number of anilines is 2. The number of carbonyl (C=O) groups excluding carboxylic acids is 1. The van der Waals surface area contributed by atoms with Crippen molar-refractivity contribution >= 4 is 39.5 Å². The van der Waals surface area contributed by atoms with Crippen molar-refractivity contribution in [2.75, 3.05) is 30.8 Å². The molecule has 0 bridgehead atoms. The highest BCUT2D eigenvalue weighted by atomic mass is 32.1. The molecule has 2 rings (SSSR count). The maximum atomic E-state index is 12.2. The zero-order valence-electron chi connectivity index (χ0n) is 12.3. The average Bonchev–Trinajstić information content (AvgIpc) is 3.08. The van der Waals surface area contributed by atoms with E-state index in [1.54, 1.807) is 11.3 Å². The topological polar surface area (TPSA) is 71.2 Å². The third-order valence-electron chi connectivity index (χ3n) is 3.01. The molecule has 0 saturated heterocycles. The lowest BCUT2D eigenvalue weighted by atomic mass is 10.2. The van der Waals surface area contributed by atoms with Crippen LogP contribution in [0.15, 0.2) is 16.8 Å². The van der Waals surface area contributed by atoms with Gasteiger partial charge in [0, 0.05) is 20.1 Å². The van der Waals surface area contributed by atoms with E-state index in [-0.39, 0.29) is 5.91 Å². The molecule has 3 N–H and O–H groups in total. The van der Waals surface area contributed by atoms with Gasteiger partial charge in [-0.15, -0.1) is 0 Å². The first-order valence-electron chi connectivity index (χ1n) is 6.88. The van der Waals surface area contributed by atoms with Crippen LogP contribution >= 0.6 is 22.7 Å². The molecule has 0 fully saturated rings. The predicted octanol–water partition coefficient (Wildman–Crippen LogP) is 2.61. The fraction of sp³-hybridized carbons (Fsp3) is 0.429. The van der Waals surface area contributed by atoms with Gasteiger partial charge in [0.2, 0.25) is 0 Å². The van der Waals surface area contributed by atoms with Crippen LogP contribution in [0.25, 0.3) is 0 Å². The zero-order chi connectivity index (χ0) is 15.2. The fourth-order valence-corrected chi connectivity index (χ4v) is 3.50. The number of aromatic nitrogens is 1. The first-order chi connectivity index (χ1) is 10.1. The number of nitrogens with two attached hydrogens (primary N) is 1. The smallest absolute Gasteiger partial charge is 0.265 e. The van der Waals surface area contributed by atoms with E-state index in [4.69, 9.17) is 5.73 Å². The van der Waals surface area contributed by atoms with Gasteiger partial charge in [-0.2, -0.15) is 11.3 Å². The Hall–Kier alpha value is -1.60. The Kier molecular flexibility index (Phi) is 5.58. The van der Waals surface area contributed by atoms with Crippen LogP contribution in [0.4, 0.5) is 10.9 Å². The first-order valence-corrected chi connectivity index (χ1v) is 8.64. The van der Waals surface area contributed by atoms with Crippen LogP contribution in [-0.2, 0) is 6.42 Å². The molecule has 0 saturated carbocycles. The highest BCUT2D eigenvalue weighted by Crippen LogP contribution is 2.27. The summed E-state index contributed by atoms with van der Waals surface area (Å²) in [6.45, 7) is 3.60. The summed E-state index contributed by atoms with van der Waals surface area (Å²) in [4.78, 5) is 18.9. The highest BCUT2D eigenvalue weighted by molar-refractivity contribution is 7.18. The van der Waals surface area contributed by atoms with Crippen LogP contribution in [0.1, 0.15) is 28.6 Å². The summed E-state index contributed by atoms with van der Waals surface area (Å²) >= 11 is 3.01. The molecule has 0 radical (unpaired) electrons. The lowest BCUT2D eigenvalue weighted by Crippen LogP contribution is -2.25. The number of thiophene rings is 1. The molecule has 114 valence electrons. The van der Waals surface area contributed by atoms with Gasteiger partial charge in [-0.05, 0) is 35.2 Å². The number of nitrogens with one attached hydrogen (secondary N) is 1. The van der Waals surface area contributed by atoms with Crippen LogP contribution in [0.2, 0.25) is 0 Å². The number of thiazole rings is 1. The number of nitrogen functional groups attached to an aromatic ring is 1. The summed E-state index contributed by atoms with van der Waals surface area (Å²) in [7, 11) is 1.96. The number of carbonyl (C=O) groups is 1. The van der Waals surface area contributed by atoms with Crippen LogP contribution in [0.3, 0.4) is 0 Å². The van der Waals surface area contributed by atoms with Gasteiger partial charge in [-0.3, -0.25) is 4.79 Å². The van der Waals surface area contributed by atoms with E-state index in [1.807, 2.05) is 17.3 Å². The average molecular weight is 324 g/mol. The van der Waals surface area contributed by atoms with Crippen molar-refractivity contribution < 1.29 is 4.79 Å². The second-order valence-corrected chi connectivity index (χ2v) is 6.53. The van der Waals surface area contributed by atoms with Crippen LogP contribution in [-0.4, -0.2) is 31.0 Å². The van der Waals surface area contributed by atoms with Crippen LogP contribution in [0, 0.1) is 0 Å². The second-order valence-electron chi connectivity index (χ2n) is 4.77. The Morgan fingerprint density at radius 3 is 3.00 bits per heavy atom. The Morgan fingerprint density at radius 2 is 2.33 bits per heavy atom. The quantitative estimate of drug-likeness (QED) is 0.821. The molecular formula is C14H20N4OS2. The minimum atomic E-state index is -0.142. The standard InChI is InChI=1S/C14H20N4OS2/c1-3-7-18(2)14-17-12(15)11(21-14)13(19)16-6-4-10-5-8-20-9-10/h5,8-9H,3-4,6-7,15H2,1-2H3,(H,16,19). The molecule has 0 aliphatic heterocycles. The second kappa shape index (κ2) is 7.42. The molecule has 0 unspecified atom stereocenters. The summed E-state index contributed by atoms with van der Waals surface area (Å²) in [5.74, 6) is 0.169. The Labute approximate surface area is 132 Å². The van der Waals surface area contributed by atoms with E-state index in [9.17, 15) is 4.79 Å². The molecular weight excluding hydrogens is 304 g/mol. The lowest BCUT2D eigenvalue weighted by molar-refractivity contribution is 0.0959. The highest BCUT2D eigenvalue weighted by Gasteiger charge is 2.17. The van der Waals surface area contributed by atoms with Crippen molar-refractivity contribution in [1.82, 2.24) is 10.3 Å². The molecule has 7 heteroatoms. The van der Waals surface area contributed by atoms with Crippen molar-refractivity contribution in [2.24, 2.45) is 0 Å². The van der Waals surface area contributed by atoms with Crippen molar-refractivity contribution in [1.29, 1.82) is 0 Å². The molecule has 0 atom stereocenters. The maximum absolute atomic E-state index is 12.2. The van der Waals surface area contributed by atoms with E-state index in [0.29, 0.717) is 17.2 Å². The SMILES string of the molecule is CCCN(C)c1nc(N)c(C(=O)NCCc2ccsc2)s1. The van der Waals surface area contributed by atoms with Gasteiger partial charge >= 0.3 is 0 Å². The Balaban J connectivity index is 1.92. The molecule has 0 aromatic carbocycles. The van der Waals surface area contributed by atoms with Crippen molar-refractivity contribution in [3.8, 4) is 0 Å². The number of hydrogen-bond acceptors (Lipinski definition) is 6. The van der Waals surface area contributed by atoms with Gasteiger partial charge in [0.1, 0.15) is 10.7 Å². The van der Waals surface area contributed by atoms with Gasteiger partial charge in [0.05, 0.1) is 0 Å². The van der Waals surface area contributed by atoms with E-state index >= 15 is 0 Å². The normalized spacial score (nSPS) is 10.6. The molecule has 0 aliphatic carbocycles. The molecule has 21 heavy (non-hydrogen) atoms. The van der Waals surface area contributed by atoms with Crippen molar-refractivity contribution in [3.05, 3.63) is 27.3 Å². The van der Waals surface area contributed by atoms with Gasteiger partial charge in [0.25, 0.3) is 5.91 Å². The summed E-state index contributed by atoms with van der Waals surface area (Å²) in [6, 6.07) is 2.07. The third-order valence-corrected chi connectivity index (χ3v) is 4.93. The summed E-state index contributed by atoms with van der Waals surface area (Å²) in [6.07, 6.45) is 1.86. The number of nitrogens with zero attached hydrogens (tertiary/aromatic N) is 2. The van der Waals surface area contributed by atoms with E-state index in [1.165, 1.54) is 16.9 Å². The van der Waals surface area contributed by atoms with Crippen LogP contribution in [0.5, 0.6) is 0 Å². The molecule has 2 aromatic rings. The Bertz CT molecular complexity index is 580. The van der Waals surface area contributed by atoms with Gasteiger partial charge in [-0.1, -0.05) is 18.3 Å². The van der Waals surface area contributed by atoms with Gasteiger partial charge in [0.15, 0.2) is 5.13 Å². The zero-order valence-corrected chi connectivity index (χ0v) is 13.9. The molecule has 5 nitrogen and oxygen atoms in total. The Morgan fingerprint density at radius 1 is 1.52 bits per heavy atom. The lowest BCUT2D eigenvalue weighted by Gasteiger charge is -2.13. The van der Waals surface area contributed by atoms with Crippen molar-refractivity contribution in [3.63, 3.8) is 0 Å². The third kappa shape index (κ3) is 4.18. The predicted molar refractivity (Wildman–Crippen MR) is 90.4 cm³/mol. The first kappa shape index (κ1) is 15.8. The van der Waals surface area contributed by atoms with Gasteiger partial charge in [-0.25, -0.2) is 4.98 Å². The molecule has 1 amide bonds.